The van der Waals surface area contributed by atoms with Crippen molar-refractivity contribution in [2.45, 2.75) is 18.9 Å². The van der Waals surface area contributed by atoms with Gasteiger partial charge in [0.1, 0.15) is 0 Å². The molecule has 16 heavy (non-hydrogen) atoms. The SMILES string of the molecule is CN(CCc1ccccc1)CC(C)(N)CO. The van der Waals surface area contributed by atoms with Crippen LogP contribution in [0.5, 0.6) is 0 Å². The van der Waals surface area contributed by atoms with E-state index in [1.165, 1.54) is 5.56 Å². The Morgan fingerprint density at radius 1 is 1.31 bits per heavy atom. The molecule has 90 valence electrons. The minimum atomic E-state index is -0.508. The van der Waals surface area contributed by atoms with Crippen LogP contribution in [-0.4, -0.2) is 42.3 Å². The van der Waals surface area contributed by atoms with Crippen LogP contribution >= 0.6 is 0 Å². The largest absolute Gasteiger partial charge is 0.394 e. The van der Waals surface area contributed by atoms with Gasteiger partial charge >= 0.3 is 0 Å². The summed E-state index contributed by atoms with van der Waals surface area (Å²) in [5.74, 6) is 0. The first-order valence-electron chi connectivity index (χ1n) is 5.66. The summed E-state index contributed by atoms with van der Waals surface area (Å²) >= 11 is 0. The average Bonchev–Trinajstić information content (AvgIpc) is 2.27. The van der Waals surface area contributed by atoms with E-state index in [9.17, 15) is 0 Å². The van der Waals surface area contributed by atoms with E-state index in [1.807, 2.05) is 20.0 Å². The molecule has 3 heteroatoms. The van der Waals surface area contributed by atoms with Gasteiger partial charge in [-0.15, -0.1) is 0 Å². The Labute approximate surface area is 97.9 Å². The summed E-state index contributed by atoms with van der Waals surface area (Å²) in [6.45, 7) is 3.54. The quantitative estimate of drug-likeness (QED) is 0.751. The fraction of sp³-hybridized carbons (Fsp3) is 0.538. The van der Waals surface area contributed by atoms with Gasteiger partial charge in [-0.3, -0.25) is 0 Å². The highest BCUT2D eigenvalue weighted by Crippen LogP contribution is 2.04. The fourth-order valence-corrected chi connectivity index (χ4v) is 1.71. The van der Waals surface area contributed by atoms with Gasteiger partial charge in [0, 0.05) is 18.6 Å². The molecule has 0 radical (unpaired) electrons. The number of nitrogens with zero attached hydrogens (tertiary/aromatic N) is 1. The lowest BCUT2D eigenvalue weighted by Gasteiger charge is -2.28. The first-order valence-corrected chi connectivity index (χ1v) is 5.66. The molecule has 0 amide bonds. The number of benzene rings is 1. The normalized spacial score (nSPS) is 15.1. The molecule has 3 nitrogen and oxygen atoms in total. The van der Waals surface area contributed by atoms with Crippen molar-refractivity contribution in [2.75, 3.05) is 26.7 Å². The summed E-state index contributed by atoms with van der Waals surface area (Å²) in [6.07, 6.45) is 1.01. The number of likely N-dealkylation sites (N-methyl/N-ethyl adjacent to an activating group) is 1. The third-order valence-corrected chi connectivity index (χ3v) is 2.62. The molecule has 3 N–H and O–H groups in total. The molecule has 0 heterocycles. The zero-order chi connectivity index (χ0) is 12.0. The molecule has 0 aliphatic rings. The van der Waals surface area contributed by atoms with Crippen LogP contribution in [0.25, 0.3) is 0 Å². The molecule has 1 unspecified atom stereocenters. The van der Waals surface area contributed by atoms with Crippen LogP contribution in [0.1, 0.15) is 12.5 Å². The second kappa shape index (κ2) is 5.99. The lowest BCUT2D eigenvalue weighted by atomic mass is 10.0. The van der Waals surface area contributed by atoms with Crippen LogP contribution < -0.4 is 5.73 Å². The second-order valence-electron chi connectivity index (χ2n) is 4.79. The van der Waals surface area contributed by atoms with Gasteiger partial charge in [0.15, 0.2) is 0 Å². The Balaban J connectivity index is 2.33. The molecular weight excluding hydrogens is 200 g/mol. The molecule has 0 aliphatic carbocycles. The molecule has 0 saturated heterocycles. The highest BCUT2D eigenvalue weighted by molar-refractivity contribution is 5.14. The van der Waals surface area contributed by atoms with Gasteiger partial charge in [0.25, 0.3) is 0 Å². The lowest BCUT2D eigenvalue weighted by molar-refractivity contribution is 0.163. The Kier molecular flexibility index (Phi) is 4.93. The number of hydrogen-bond donors (Lipinski definition) is 2. The van der Waals surface area contributed by atoms with Crippen molar-refractivity contribution in [3.05, 3.63) is 35.9 Å². The van der Waals surface area contributed by atoms with Gasteiger partial charge in [-0.1, -0.05) is 30.3 Å². The van der Waals surface area contributed by atoms with Gasteiger partial charge in [-0.25, -0.2) is 0 Å². The zero-order valence-corrected chi connectivity index (χ0v) is 10.2. The summed E-state index contributed by atoms with van der Waals surface area (Å²) in [7, 11) is 2.03. The molecular formula is C13H22N2O. The van der Waals surface area contributed by atoms with Gasteiger partial charge in [-0.2, -0.15) is 0 Å². The fourth-order valence-electron chi connectivity index (χ4n) is 1.71. The van der Waals surface area contributed by atoms with Crippen LogP contribution in [-0.2, 0) is 6.42 Å². The van der Waals surface area contributed by atoms with Crippen molar-refractivity contribution in [1.29, 1.82) is 0 Å². The maximum absolute atomic E-state index is 9.08. The topological polar surface area (TPSA) is 49.5 Å². The third kappa shape index (κ3) is 4.75. The van der Waals surface area contributed by atoms with Crippen LogP contribution in [0.4, 0.5) is 0 Å². The summed E-state index contributed by atoms with van der Waals surface area (Å²) < 4.78 is 0. The zero-order valence-electron chi connectivity index (χ0n) is 10.2. The van der Waals surface area contributed by atoms with E-state index in [-0.39, 0.29) is 6.61 Å². The summed E-state index contributed by atoms with van der Waals surface area (Å²) in [6, 6.07) is 10.4. The Morgan fingerprint density at radius 2 is 1.94 bits per heavy atom. The summed E-state index contributed by atoms with van der Waals surface area (Å²) in [5.41, 5.74) is 6.72. The van der Waals surface area contributed by atoms with Crippen molar-refractivity contribution >= 4 is 0 Å². The van der Waals surface area contributed by atoms with Crippen LogP contribution in [0.3, 0.4) is 0 Å². The van der Waals surface area contributed by atoms with E-state index in [2.05, 4.69) is 29.2 Å². The van der Waals surface area contributed by atoms with Gasteiger partial charge in [0.2, 0.25) is 0 Å². The summed E-state index contributed by atoms with van der Waals surface area (Å²) in [4.78, 5) is 2.16. The van der Waals surface area contributed by atoms with Gasteiger partial charge < -0.3 is 15.7 Å². The van der Waals surface area contributed by atoms with E-state index in [1.54, 1.807) is 0 Å². The number of nitrogens with two attached hydrogens (primary N) is 1. The predicted molar refractivity (Wildman–Crippen MR) is 67.3 cm³/mol. The standard InChI is InChI=1S/C13H22N2O/c1-13(14,11-16)10-15(2)9-8-12-6-4-3-5-7-12/h3-7,16H,8-11,14H2,1-2H3. The van der Waals surface area contributed by atoms with E-state index >= 15 is 0 Å². The summed E-state index contributed by atoms with van der Waals surface area (Å²) in [5, 5.41) is 9.08. The maximum Gasteiger partial charge on any atom is 0.0621 e. The number of rotatable bonds is 6. The van der Waals surface area contributed by atoms with Crippen molar-refractivity contribution in [2.24, 2.45) is 5.73 Å². The Morgan fingerprint density at radius 3 is 2.50 bits per heavy atom. The molecule has 0 aliphatic heterocycles. The van der Waals surface area contributed by atoms with E-state index in [4.69, 9.17) is 10.8 Å². The molecule has 1 atom stereocenters. The highest BCUT2D eigenvalue weighted by Gasteiger charge is 2.18. The molecule has 1 aromatic carbocycles. The molecule has 0 saturated carbocycles. The number of aliphatic hydroxyl groups is 1. The smallest absolute Gasteiger partial charge is 0.0621 e. The first-order chi connectivity index (χ1) is 7.53. The molecule has 0 spiro atoms. The molecule has 0 bridgehead atoms. The monoisotopic (exact) mass is 222 g/mol. The van der Waals surface area contributed by atoms with E-state index in [0.717, 1.165) is 13.0 Å². The maximum atomic E-state index is 9.08. The lowest BCUT2D eigenvalue weighted by Crippen LogP contribution is -2.49. The first kappa shape index (κ1) is 13.2. The van der Waals surface area contributed by atoms with Gasteiger partial charge in [0.05, 0.1) is 6.61 Å². The molecule has 1 rings (SSSR count). The Bertz CT molecular complexity index is 298. The predicted octanol–water partition coefficient (Wildman–Crippen LogP) is 0.871. The molecule has 0 fully saturated rings. The van der Waals surface area contributed by atoms with Crippen LogP contribution in [0.15, 0.2) is 30.3 Å². The van der Waals surface area contributed by atoms with E-state index < -0.39 is 5.54 Å². The van der Waals surface area contributed by atoms with Crippen LogP contribution in [0.2, 0.25) is 0 Å². The second-order valence-corrected chi connectivity index (χ2v) is 4.79. The van der Waals surface area contributed by atoms with Crippen molar-refractivity contribution in [1.82, 2.24) is 4.90 Å². The molecule has 0 aromatic heterocycles. The van der Waals surface area contributed by atoms with Crippen molar-refractivity contribution < 1.29 is 5.11 Å². The van der Waals surface area contributed by atoms with Crippen molar-refractivity contribution in [3.8, 4) is 0 Å². The van der Waals surface area contributed by atoms with Crippen molar-refractivity contribution in [3.63, 3.8) is 0 Å². The minimum Gasteiger partial charge on any atom is -0.394 e. The highest BCUT2D eigenvalue weighted by atomic mass is 16.3. The van der Waals surface area contributed by atoms with Crippen LogP contribution in [0, 0.1) is 0 Å². The minimum absolute atomic E-state index is 0.0165. The number of hydrogen-bond acceptors (Lipinski definition) is 3. The molecule has 1 aromatic rings. The van der Waals surface area contributed by atoms with E-state index in [0.29, 0.717) is 6.54 Å². The average molecular weight is 222 g/mol. The Hall–Kier alpha value is -0.900. The van der Waals surface area contributed by atoms with Gasteiger partial charge in [-0.05, 0) is 26.0 Å². The number of aliphatic hydroxyl groups excluding tert-OH is 1. The third-order valence-electron chi connectivity index (χ3n) is 2.62.